The molecule has 2 fully saturated rings. The monoisotopic (exact) mass is 305 g/mol. The Bertz CT molecular complexity index is 386. The van der Waals surface area contributed by atoms with Gasteiger partial charge in [-0.15, -0.1) is 0 Å². The van der Waals surface area contributed by atoms with Crippen LogP contribution >= 0.6 is 0 Å². The third-order valence-electron chi connectivity index (χ3n) is 4.01. The van der Waals surface area contributed by atoms with Crippen LogP contribution in [0.5, 0.6) is 0 Å². The summed E-state index contributed by atoms with van der Waals surface area (Å²) in [5.41, 5.74) is 0. The largest absolute Gasteiger partial charge is 0.378 e. The molecule has 0 saturated carbocycles. The first kappa shape index (κ1) is 16.2. The maximum Gasteiger partial charge on any atom is 0.216 e. The average molecular weight is 305 g/mol. The highest BCUT2D eigenvalue weighted by atomic mass is 32.2. The van der Waals surface area contributed by atoms with E-state index in [2.05, 4.69) is 10.2 Å². The zero-order chi connectivity index (χ0) is 14.6. The van der Waals surface area contributed by atoms with Crippen molar-refractivity contribution < 1.29 is 13.2 Å². The highest BCUT2D eigenvalue weighted by molar-refractivity contribution is 7.89. The van der Waals surface area contributed by atoms with E-state index in [1.54, 1.807) is 4.31 Å². The van der Waals surface area contributed by atoms with Crippen molar-refractivity contribution in [2.75, 3.05) is 51.6 Å². The Hall–Kier alpha value is -0.210. The molecule has 2 rings (SSSR count). The number of nitrogens with zero attached hydrogens (tertiary/aromatic N) is 2. The van der Waals surface area contributed by atoms with Crippen LogP contribution in [0.25, 0.3) is 0 Å². The normalized spacial score (nSPS) is 26.4. The minimum Gasteiger partial charge on any atom is -0.378 e. The Morgan fingerprint density at radius 1 is 1.25 bits per heavy atom. The summed E-state index contributed by atoms with van der Waals surface area (Å²) >= 11 is 0. The number of hydrogen-bond donors (Lipinski definition) is 1. The Kier molecular flexibility index (Phi) is 5.80. The van der Waals surface area contributed by atoms with Gasteiger partial charge in [0.05, 0.1) is 18.5 Å². The Morgan fingerprint density at radius 2 is 1.95 bits per heavy atom. The van der Waals surface area contributed by atoms with Gasteiger partial charge in [0, 0.05) is 38.8 Å². The van der Waals surface area contributed by atoms with Crippen molar-refractivity contribution >= 4 is 10.0 Å². The van der Waals surface area contributed by atoms with Gasteiger partial charge in [-0.3, -0.25) is 4.90 Å². The molecule has 6 nitrogen and oxygen atoms in total. The lowest BCUT2D eigenvalue weighted by molar-refractivity contribution is 0.0899. The van der Waals surface area contributed by atoms with Crippen LogP contribution in [0.15, 0.2) is 0 Å². The predicted molar refractivity (Wildman–Crippen MR) is 79.3 cm³/mol. The lowest BCUT2D eigenvalue weighted by atomic mass is 10.2. The molecule has 0 amide bonds. The van der Waals surface area contributed by atoms with Crippen molar-refractivity contribution in [2.24, 2.45) is 0 Å². The quantitative estimate of drug-likeness (QED) is 0.731. The fourth-order valence-electron chi connectivity index (χ4n) is 2.82. The molecule has 1 N–H and O–H groups in total. The number of ether oxygens (including phenoxy) is 1. The Morgan fingerprint density at radius 3 is 2.50 bits per heavy atom. The average Bonchev–Trinajstić information content (AvgIpc) is 2.92. The van der Waals surface area contributed by atoms with Crippen LogP contribution in [-0.4, -0.2) is 81.4 Å². The van der Waals surface area contributed by atoms with E-state index in [0.29, 0.717) is 19.1 Å². The number of sulfonamides is 1. The van der Waals surface area contributed by atoms with E-state index in [4.69, 9.17) is 4.74 Å². The van der Waals surface area contributed by atoms with Crippen LogP contribution in [0.3, 0.4) is 0 Å². The molecule has 2 saturated heterocycles. The molecular weight excluding hydrogens is 278 g/mol. The van der Waals surface area contributed by atoms with Crippen LogP contribution in [0.1, 0.15) is 20.3 Å². The van der Waals surface area contributed by atoms with Gasteiger partial charge in [0.1, 0.15) is 0 Å². The molecule has 0 aromatic heterocycles. The first-order chi connectivity index (χ1) is 9.49. The van der Waals surface area contributed by atoms with Gasteiger partial charge in [-0.1, -0.05) is 0 Å². The maximum absolute atomic E-state index is 12.2. The van der Waals surface area contributed by atoms with E-state index in [1.165, 1.54) is 6.42 Å². The second-order valence-corrected chi connectivity index (χ2v) is 7.91. The zero-order valence-electron chi connectivity index (χ0n) is 12.5. The fraction of sp³-hybridized carbons (Fsp3) is 1.00. The van der Waals surface area contributed by atoms with Crippen molar-refractivity contribution in [1.29, 1.82) is 0 Å². The van der Waals surface area contributed by atoms with Gasteiger partial charge in [0.25, 0.3) is 0 Å². The Balaban J connectivity index is 1.77. The van der Waals surface area contributed by atoms with Gasteiger partial charge in [-0.2, -0.15) is 4.31 Å². The van der Waals surface area contributed by atoms with Gasteiger partial charge in [-0.05, 0) is 26.8 Å². The van der Waals surface area contributed by atoms with Crippen molar-refractivity contribution in [2.45, 2.75) is 32.4 Å². The summed E-state index contributed by atoms with van der Waals surface area (Å²) in [7, 11) is -3.16. The minimum atomic E-state index is -3.16. The standard InChI is InChI=1S/C13H27N3O3S/c1-12(2)19-9-10-20(17,18)16-7-5-15(6-8-16)13-3-4-14-11-13/h12-14H,3-11H2,1-2H3. The summed E-state index contributed by atoms with van der Waals surface area (Å²) in [6.07, 6.45) is 1.26. The third-order valence-corrected chi connectivity index (χ3v) is 5.84. The predicted octanol–water partition coefficient (Wildman–Crippen LogP) is -0.279. The SMILES string of the molecule is CC(C)OCCS(=O)(=O)N1CCN(C2CCNC2)CC1. The molecule has 0 aromatic rings. The van der Waals surface area contributed by atoms with Crippen molar-refractivity contribution in [3.8, 4) is 0 Å². The van der Waals surface area contributed by atoms with E-state index in [-0.39, 0.29) is 18.5 Å². The van der Waals surface area contributed by atoms with E-state index in [9.17, 15) is 8.42 Å². The summed E-state index contributed by atoms with van der Waals surface area (Å²) < 4.78 is 31.4. The molecule has 118 valence electrons. The third kappa shape index (κ3) is 4.39. The van der Waals surface area contributed by atoms with Crippen LogP contribution in [0.4, 0.5) is 0 Å². The summed E-state index contributed by atoms with van der Waals surface area (Å²) in [4.78, 5) is 2.41. The van der Waals surface area contributed by atoms with Gasteiger partial charge in [0.2, 0.25) is 10.0 Å². The molecule has 0 spiro atoms. The molecule has 1 unspecified atom stereocenters. The summed E-state index contributed by atoms with van der Waals surface area (Å²) in [5.74, 6) is 0.0934. The van der Waals surface area contributed by atoms with Crippen LogP contribution in [0.2, 0.25) is 0 Å². The van der Waals surface area contributed by atoms with Gasteiger partial charge < -0.3 is 10.1 Å². The second-order valence-electron chi connectivity index (χ2n) is 5.82. The maximum atomic E-state index is 12.2. The lowest BCUT2D eigenvalue weighted by Gasteiger charge is -2.37. The first-order valence-corrected chi connectivity index (χ1v) is 9.14. The number of piperazine rings is 1. The van der Waals surface area contributed by atoms with Crippen molar-refractivity contribution in [3.63, 3.8) is 0 Å². The molecule has 2 heterocycles. The lowest BCUT2D eigenvalue weighted by Crippen LogP contribution is -2.53. The molecule has 7 heteroatoms. The number of nitrogens with one attached hydrogen (secondary N) is 1. The molecule has 0 aromatic carbocycles. The molecule has 2 aliphatic rings. The first-order valence-electron chi connectivity index (χ1n) is 7.53. The van der Waals surface area contributed by atoms with Crippen LogP contribution in [0, 0.1) is 0 Å². The second kappa shape index (κ2) is 7.17. The smallest absolute Gasteiger partial charge is 0.216 e. The number of rotatable bonds is 6. The van der Waals surface area contributed by atoms with Gasteiger partial charge in [0.15, 0.2) is 0 Å². The van der Waals surface area contributed by atoms with Crippen LogP contribution in [-0.2, 0) is 14.8 Å². The zero-order valence-corrected chi connectivity index (χ0v) is 13.4. The molecule has 0 bridgehead atoms. The molecule has 20 heavy (non-hydrogen) atoms. The summed E-state index contributed by atoms with van der Waals surface area (Å²) in [6, 6.07) is 0.587. The van der Waals surface area contributed by atoms with Gasteiger partial charge >= 0.3 is 0 Å². The van der Waals surface area contributed by atoms with Gasteiger partial charge in [-0.25, -0.2) is 8.42 Å². The topological polar surface area (TPSA) is 61.9 Å². The fourth-order valence-corrected chi connectivity index (χ4v) is 4.10. The van der Waals surface area contributed by atoms with Crippen molar-refractivity contribution in [3.05, 3.63) is 0 Å². The molecule has 1 atom stereocenters. The van der Waals surface area contributed by atoms with Crippen LogP contribution < -0.4 is 5.32 Å². The molecular formula is C13H27N3O3S. The molecule has 2 aliphatic heterocycles. The van der Waals surface area contributed by atoms with E-state index >= 15 is 0 Å². The van der Waals surface area contributed by atoms with E-state index in [0.717, 1.165) is 26.2 Å². The van der Waals surface area contributed by atoms with E-state index < -0.39 is 10.0 Å². The minimum absolute atomic E-state index is 0.0805. The summed E-state index contributed by atoms with van der Waals surface area (Å²) in [6.45, 7) is 9.15. The summed E-state index contributed by atoms with van der Waals surface area (Å²) in [5, 5.41) is 3.36. The number of hydrogen-bond acceptors (Lipinski definition) is 5. The van der Waals surface area contributed by atoms with E-state index in [1.807, 2.05) is 13.8 Å². The highest BCUT2D eigenvalue weighted by Gasteiger charge is 2.30. The highest BCUT2D eigenvalue weighted by Crippen LogP contribution is 2.14. The molecule has 0 aliphatic carbocycles. The Labute approximate surface area is 122 Å². The van der Waals surface area contributed by atoms with Crippen molar-refractivity contribution in [1.82, 2.24) is 14.5 Å². The molecule has 0 radical (unpaired) electrons.